The number of aryl methyl sites for hydroxylation is 2. The molecule has 0 saturated carbocycles. The number of para-hydroxylation sites is 1. The predicted molar refractivity (Wildman–Crippen MR) is 177 cm³/mol. The molecule has 3 aromatic rings. The third-order valence-electron chi connectivity index (χ3n) is 12.2. The largest absolute Gasteiger partial charge is 0.348 e. The van der Waals surface area contributed by atoms with Crippen molar-refractivity contribution in [2.45, 2.75) is 94.3 Å². The van der Waals surface area contributed by atoms with Crippen LogP contribution in [-0.2, 0) is 13.5 Å². The minimum Gasteiger partial charge on any atom is -0.348 e. The number of nitrogens with one attached hydrogen (secondary N) is 1. The molecule has 6 aliphatic heterocycles. The fraction of sp³-hybridized carbons (Fsp3) is 0.595. The van der Waals surface area contributed by atoms with Gasteiger partial charge in [0.15, 0.2) is 5.69 Å². The van der Waals surface area contributed by atoms with E-state index in [-0.39, 0.29) is 11.9 Å². The van der Waals surface area contributed by atoms with E-state index in [1.165, 1.54) is 69.2 Å². The highest BCUT2D eigenvalue weighted by Crippen LogP contribution is 2.41. The SMILES string of the molecule is CN1[C@@H]2CCC[C@H]1CC(NC(=O)c1nn(C)c3ccccc13)C2.O=C1c2cccc3c2[C@H](CCC3)CN1[C@@H]1CN2CCC1CC2. The zero-order valence-corrected chi connectivity index (χ0v) is 27.0. The minimum atomic E-state index is -0.0329. The van der Waals surface area contributed by atoms with E-state index in [0.29, 0.717) is 35.6 Å². The van der Waals surface area contributed by atoms with Gasteiger partial charge in [-0.2, -0.15) is 5.10 Å². The number of nitrogens with zero attached hydrogens (tertiary/aromatic N) is 5. The predicted octanol–water partition coefficient (Wildman–Crippen LogP) is 4.97. The van der Waals surface area contributed by atoms with Gasteiger partial charge in [-0.3, -0.25) is 14.3 Å². The van der Waals surface area contributed by atoms with Gasteiger partial charge in [0.25, 0.3) is 11.8 Å². The highest BCUT2D eigenvalue weighted by Gasteiger charge is 2.44. The molecule has 0 spiro atoms. The Hall–Kier alpha value is -3.23. The van der Waals surface area contributed by atoms with E-state index in [2.05, 4.69) is 50.4 Å². The van der Waals surface area contributed by atoms with Gasteiger partial charge in [-0.25, -0.2) is 0 Å². The normalized spacial score (nSPS) is 32.1. The van der Waals surface area contributed by atoms with Crippen LogP contribution in [0.1, 0.15) is 95.7 Å². The molecule has 5 fully saturated rings. The molecule has 1 aliphatic carbocycles. The van der Waals surface area contributed by atoms with E-state index in [0.717, 1.165) is 54.7 Å². The Kier molecular flexibility index (Phi) is 7.69. The molecule has 7 heterocycles. The van der Waals surface area contributed by atoms with Crippen LogP contribution in [0.2, 0.25) is 0 Å². The molecule has 238 valence electrons. The Morgan fingerprint density at radius 1 is 0.889 bits per heavy atom. The lowest BCUT2D eigenvalue weighted by Crippen LogP contribution is -2.60. The molecule has 1 aromatic heterocycles. The Morgan fingerprint density at radius 2 is 1.67 bits per heavy atom. The highest BCUT2D eigenvalue weighted by molar-refractivity contribution is 6.05. The maximum absolute atomic E-state index is 13.1. The molecular formula is C37H48N6O2. The molecule has 0 radical (unpaired) electrons. The molecular weight excluding hydrogens is 560 g/mol. The molecule has 10 rings (SSSR count). The van der Waals surface area contributed by atoms with Crippen LogP contribution in [0.3, 0.4) is 0 Å². The molecule has 45 heavy (non-hydrogen) atoms. The number of piperidine rings is 5. The van der Waals surface area contributed by atoms with Crippen LogP contribution in [0.5, 0.6) is 0 Å². The molecule has 1 unspecified atom stereocenters. The quantitative estimate of drug-likeness (QED) is 0.455. The second-order valence-electron chi connectivity index (χ2n) is 14.7. The average molecular weight is 609 g/mol. The Balaban J connectivity index is 0.000000134. The summed E-state index contributed by atoms with van der Waals surface area (Å²) in [4.78, 5) is 33.2. The minimum absolute atomic E-state index is 0.0329. The molecule has 8 nitrogen and oxygen atoms in total. The van der Waals surface area contributed by atoms with Crippen molar-refractivity contribution < 1.29 is 9.59 Å². The second kappa shape index (κ2) is 11.8. The first-order chi connectivity index (χ1) is 21.9. The third kappa shape index (κ3) is 5.28. The van der Waals surface area contributed by atoms with E-state index < -0.39 is 0 Å². The summed E-state index contributed by atoms with van der Waals surface area (Å²) in [5, 5.41) is 8.62. The van der Waals surface area contributed by atoms with Gasteiger partial charge in [0, 0.05) is 61.2 Å². The van der Waals surface area contributed by atoms with Gasteiger partial charge in [0.05, 0.1) is 5.52 Å². The van der Waals surface area contributed by atoms with Crippen molar-refractivity contribution in [1.29, 1.82) is 0 Å². The van der Waals surface area contributed by atoms with Crippen LogP contribution >= 0.6 is 0 Å². The summed E-state index contributed by atoms with van der Waals surface area (Å²) < 4.78 is 1.79. The summed E-state index contributed by atoms with van der Waals surface area (Å²) >= 11 is 0. The van der Waals surface area contributed by atoms with Gasteiger partial charge in [-0.05, 0) is 107 Å². The van der Waals surface area contributed by atoms with Crippen molar-refractivity contribution in [1.82, 2.24) is 29.8 Å². The number of fused-ring (bicyclic) bond motifs is 6. The van der Waals surface area contributed by atoms with Gasteiger partial charge in [0.2, 0.25) is 0 Å². The summed E-state index contributed by atoms with van der Waals surface area (Å²) in [6.45, 7) is 4.57. The van der Waals surface area contributed by atoms with E-state index >= 15 is 0 Å². The summed E-state index contributed by atoms with van der Waals surface area (Å²) in [6, 6.07) is 16.3. The van der Waals surface area contributed by atoms with Crippen molar-refractivity contribution in [3.8, 4) is 0 Å². The van der Waals surface area contributed by atoms with Crippen LogP contribution in [0, 0.1) is 5.92 Å². The molecule has 8 heteroatoms. The van der Waals surface area contributed by atoms with E-state index in [1.807, 2.05) is 31.3 Å². The maximum atomic E-state index is 13.1. The van der Waals surface area contributed by atoms with Crippen LogP contribution in [0.4, 0.5) is 0 Å². The second-order valence-corrected chi connectivity index (χ2v) is 14.7. The van der Waals surface area contributed by atoms with Crippen LogP contribution in [-0.4, -0.2) is 93.7 Å². The van der Waals surface area contributed by atoms with Gasteiger partial charge in [0.1, 0.15) is 0 Å². The molecule has 5 atom stereocenters. The number of hydrogen-bond donors (Lipinski definition) is 1. The zero-order chi connectivity index (χ0) is 30.7. The van der Waals surface area contributed by atoms with Crippen molar-refractivity contribution in [3.63, 3.8) is 0 Å². The number of hydrogen-bond acceptors (Lipinski definition) is 5. The average Bonchev–Trinajstić information content (AvgIpc) is 3.40. The number of carbonyl (C=O) groups excluding carboxylic acids is 2. The Morgan fingerprint density at radius 3 is 2.42 bits per heavy atom. The van der Waals surface area contributed by atoms with Crippen molar-refractivity contribution >= 4 is 22.7 Å². The van der Waals surface area contributed by atoms with Gasteiger partial charge in [-0.1, -0.05) is 36.8 Å². The van der Waals surface area contributed by atoms with Gasteiger partial charge >= 0.3 is 0 Å². The number of aromatic nitrogens is 2. The Bertz CT molecular complexity index is 1580. The lowest BCUT2D eigenvalue weighted by Gasteiger charge is -2.51. The number of amides is 2. The topological polar surface area (TPSA) is 73.7 Å². The lowest BCUT2D eigenvalue weighted by molar-refractivity contribution is 0.00258. The van der Waals surface area contributed by atoms with E-state index in [1.54, 1.807) is 4.68 Å². The van der Waals surface area contributed by atoms with Gasteiger partial charge < -0.3 is 20.0 Å². The first-order valence-corrected chi connectivity index (χ1v) is 17.5. The van der Waals surface area contributed by atoms with Crippen molar-refractivity contribution in [3.05, 3.63) is 64.8 Å². The van der Waals surface area contributed by atoms with Crippen LogP contribution in [0.15, 0.2) is 42.5 Å². The molecule has 1 N–H and O–H groups in total. The third-order valence-corrected chi connectivity index (χ3v) is 12.2. The lowest BCUT2D eigenvalue weighted by atomic mass is 9.75. The summed E-state index contributed by atoms with van der Waals surface area (Å²) in [6.07, 6.45) is 12.2. The molecule has 4 bridgehead atoms. The molecule has 2 amide bonds. The monoisotopic (exact) mass is 608 g/mol. The standard InChI is InChI=1S/C19H24N2O.C18H24N4O/c22-19-16-6-2-4-14-3-1-5-15(18(14)16)11-21(19)17-12-20-9-7-13(17)8-10-20;1-21-13-6-5-7-14(21)11-12(10-13)19-18(23)17-15-8-3-4-9-16(15)22(2)20-17/h2,4,6,13,15,17H,1,3,5,7-12H2;3-4,8-9,12-14H,5-7,10-11H2,1-2H3,(H,19,23)/t15-,17-;12?,13-,14+/m1./s1. The maximum Gasteiger partial charge on any atom is 0.272 e. The first-order valence-electron chi connectivity index (χ1n) is 17.5. The number of carbonyl (C=O) groups is 2. The number of benzene rings is 2. The van der Waals surface area contributed by atoms with Crippen molar-refractivity contribution in [2.75, 3.05) is 33.2 Å². The van der Waals surface area contributed by atoms with Crippen LogP contribution in [0.25, 0.3) is 10.9 Å². The van der Waals surface area contributed by atoms with E-state index in [4.69, 9.17) is 0 Å². The fourth-order valence-electron chi connectivity index (χ4n) is 9.78. The molecule has 5 saturated heterocycles. The highest BCUT2D eigenvalue weighted by atomic mass is 16.2. The smallest absolute Gasteiger partial charge is 0.272 e. The summed E-state index contributed by atoms with van der Waals surface area (Å²) in [5.41, 5.74) is 5.40. The van der Waals surface area contributed by atoms with Crippen LogP contribution < -0.4 is 5.32 Å². The zero-order valence-electron chi connectivity index (χ0n) is 27.0. The molecule has 2 aromatic carbocycles. The van der Waals surface area contributed by atoms with E-state index in [9.17, 15) is 9.59 Å². The fourth-order valence-corrected chi connectivity index (χ4v) is 9.78. The first kappa shape index (κ1) is 29.2. The Labute approximate surface area is 267 Å². The summed E-state index contributed by atoms with van der Waals surface area (Å²) in [5.74, 6) is 1.61. The number of rotatable bonds is 3. The summed E-state index contributed by atoms with van der Waals surface area (Å²) in [7, 11) is 4.12. The van der Waals surface area contributed by atoms with Gasteiger partial charge in [-0.15, -0.1) is 0 Å². The van der Waals surface area contributed by atoms with Crippen molar-refractivity contribution in [2.24, 2.45) is 13.0 Å². The molecule has 7 aliphatic rings.